The van der Waals surface area contributed by atoms with Gasteiger partial charge in [0.25, 0.3) is 0 Å². The Labute approximate surface area is 323 Å². The second kappa shape index (κ2) is 13.8. The second-order valence-electron chi connectivity index (χ2n) is 13.6. The minimum Gasteiger partial charge on any atom is -0.256 e. The molecule has 10 aromatic rings. The van der Waals surface area contributed by atoms with Gasteiger partial charge in [0.2, 0.25) is 0 Å². The summed E-state index contributed by atoms with van der Waals surface area (Å²) in [6.45, 7) is 0. The Bertz CT molecular complexity index is 3080. The highest BCUT2D eigenvalue weighted by Gasteiger charge is 2.17. The number of aromatic nitrogens is 5. The van der Waals surface area contributed by atoms with Crippen molar-refractivity contribution in [2.75, 3.05) is 0 Å². The average Bonchev–Trinajstić information content (AvgIpc) is 3.29. The molecule has 0 aliphatic rings. The highest BCUT2D eigenvalue weighted by molar-refractivity contribution is 6.23. The molecule has 0 saturated carbocycles. The van der Waals surface area contributed by atoms with Crippen LogP contribution in [0.1, 0.15) is 5.69 Å². The topological polar surface area (TPSA) is 88.2 Å². The Balaban J connectivity index is 1.13. The van der Waals surface area contributed by atoms with Gasteiger partial charge in [-0.1, -0.05) is 140 Å². The molecule has 3 aromatic heterocycles. The van der Waals surface area contributed by atoms with E-state index in [1.165, 1.54) is 0 Å². The van der Waals surface area contributed by atoms with Gasteiger partial charge in [0.1, 0.15) is 11.8 Å². The molecule has 0 aliphatic heterocycles. The fraction of sp³-hybridized carbons (Fsp3) is 0. The Morgan fingerprint density at radius 2 is 0.911 bits per heavy atom. The van der Waals surface area contributed by atoms with Crippen molar-refractivity contribution >= 4 is 32.4 Å². The molecule has 0 amide bonds. The number of pyridine rings is 2. The molecule has 0 bridgehead atoms. The van der Waals surface area contributed by atoms with E-state index in [0.29, 0.717) is 23.2 Å². The third-order valence-electron chi connectivity index (χ3n) is 10.2. The molecule has 7 aromatic carbocycles. The van der Waals surface area contributed by atoms with Gasteiger partial charge in [-0.25, -0.2) is 19.9 Å². The zero-order chi connectivity index (χ0) is 37.4. The summed E-state index contributed by atoms with van der Waals surface area (Å²) in [7, 11) is 0. The van der Waals surface area contributed by atoms with E-state index in [0.717, 1.165) is 82.6 Å². The number of fused-ring (bicyclic) bond motifs is 5. The van der Waals surface area contributed by atoms with Crippen LogP contribution in [0, 0.1) is 11.3 Å². The summed E-state index contributed by atoms with van der Waals surface area (Å²) in [5.74, 6) is 1.87. The number of hydrogen-bond acceptors (Lipinski definition) is 6. The van der Waals surface area contributed by atoms with Crippen molar-refractivity contribution in [3.63, 3.8) is 0 Å². The van der Waals surface area contributed by atoms with E-state index in [-0.39, 0.29) is 0 Å². The molecule has 260 valence electrons. The lowest BCUT2D eigenvalue weighted by atomic mass is 9.88. The maximum absolute atomic E-state index is 9.37. The first kappa shape index (κ1) is 32.7. The smallest absolute Gasteiger partial charge is 0.164 e. The first-order chi connectivity index (χ1) is 27.7. The first-order valence-electron chi connectivity index (χ1n) is 18.4. The zero-order valence-electron chi connectivity index (χ0n) is 30.0. The Morgan fingerprint density at radius 1 is 0.357 bits per heavy atom. The van der Waals surface area contributed by atoms with E-state index in [2.05, 4.69) is 102 Å². The Kier molecular flexibility index (Phi) is 8.09. The van der Waals surface area contributed by atoms with E-state index < -0.39 is 0 Å². The summed E-state index contributed by atoms with van der Waals surface area (Å²) in [5.41, 5.74) is 10.1. The predicted molar refractivity (Wildman–Crippen MR) is 225 cm³/mol. The second-order valence-corrected chi connectivity index (χ2v) is 13.6. The van der Waals surface area contributed by atoms with Crippen molar-refractivity contribution < 1.29 is 0 Å². The molecule has 0 aliphatic carbocycles. The molecule has 3 heterocycles. The lowest BCUT2D eigenvalue weighted by molar-refractivity contribution is 1.07. The van der Waals surface area contributed by atoms with E-state index in [4.69, 9.17) is 19.9 Å². The van der Waals surface area contributed by atoms with Crippen molar-refractivity contribution in [3.8, 4) is 73.7 Å². The van der Waals surface area contributed by atoms with Gasteiger partial charge in [-0.15, -0.1) is 0 Å². The molecule has 10 rings (SSSR count). The van der Waals surface area contributed by atoms with Crippen LogP contribution in [0.2, 0.25) is 0 Å². The van der Waals surface area contributed by atoms with Crippen LogP contribution in [0.3, 0.4) is 0 Å². The summed E-state index contributed by atoms with van der Waals surface area (Å²) >= 11 is 0. The third-order valence-corrected chi connectivity index (χ3v) is 10.2. The summed E-state index contributed by atoms with van der Waals surface area (Å²) < 4.78 is 0. The van der Waals surface area contributed by atoms with Gasteiger partial charge in [-0.05, 0) is 74.6 Å². The molecular formula is C50H30N6. The fourth-order valence-electron chi connectivity index (χ4n) is 7.53. The van der Waals surface area contributed by atoms with Gasteiger partial charge >= 0.3 is 0 Å². The lowest BCUT2D eigenvalue weighted by Gasteiger charge is -2.16. The zero-order valence-corrected chi connectivity index (χ0v) is 30.0. The largest absolute Gasteiger partial charge is 0.256 e. The van der Waals surface area contributed by atoms with E-state index >= 15 is 0 Å². The molecule has 56 heavy (non-hydrogen) atoms. The monoisotopic (exact) mass is 714 g/mol. The quantitative estimate of drug-likeness (QED) is 0.159. The number of nitriles is 1. The summed E-state index contributed by atoms with van der Waals surface area (Å²) in [5, 5.41) is 15.0. The van der Waals surface area contributed by atoms with Crippen molar-refractivity contribution in [3.05, 3.63) is 188 Å². The Hall–Kier alpha value is -7.88. The Morgan fingerprint density at radius 3 is 1.62 bits per heavy atom. The molecule has 0 fully saturated rings. The number of hydrogen-bond donors (Lipinski definition) is 0. The minimum absolute atomic E-state index is 0.398. The van der Waals surface area contributed by atoms with Gasteiger partial charge in [-0.2, -0.15) is 5.26 Å². The van der Waals surface area contributed by atoms with Crippen molar-refractivity contribution in [2.45, 2.75) is 0 Å². The molecule has 0 unspecified atom stereocenters. The van der Waals surface area contributed by atoms with Crippen LogP contribution in [0.4, 0.5) is 0 Å². The predicted octanol–water partition coefficient (Wildman–Crippen LogP) is 12.0. The number of benzene rings is 7. The van der Waals surface area contributed by atoms with Gasteiger partial charge in [0.15, 0.2) is 17.5 Å². The lowest BCUT2D eigenvalue weighted by Crippen LogP contribution is -2.00. The maximum atomic E-state index is 9.37. The van der Waals surface area contributed by atoms with E-state index in [1.807, 2.05) is 85.1 Å². The van der Waals surface area contributed by atoms with Crippen LogP contribution >= 0.6 is 0 Å². The number of rotatable bonds is 6. The molecule has 0 saturated heterocycles. The molecule has 0 radical (unpaired) electrons. The first-order valence-corrected chi connectivity index (χ1v) is 18.4. The van der Waals surface area contributed by atoms with Crippen LogP contribution in [0.5, 0.6) is 0 Å². The highest BCUT2D eigenvalue weighted by Crippen LogP contribution is 2.42. The average molecular weight is 715 g/mol. The van der Waals surface area contributed by atoms with Crippen LogP contribution in [-0.2, 0) is 0 Å². The normalized spacial score (nSPS) is 11.2. The van der Waals surface area contributed by atoms with Crippen LogP contribution in [0.15, 0.2) is 182 Å². The van der Waals surface area contributed by atoms with Crippen molar-refractivity contribution in [1.29, 1.82) is 5.26 Å². The van der Waals surface area contributed by atoms with E-state index in [9.17, 15) is 5.26 Å². The molecule has 0 N–H and O–H groups in total. The van der Waals surface area contributed by atoms with Crippen LogP contribution < -0.4 is 0 Å². The van der Waals surface area contributed by atoms with Crippen LogP contribution in [-0.4, -0.2) is 24.9 Å². The fourth-order valence-corrected chi connectivity index (χ4v) is 7.53. The molecule has 6 heteroatoms. The maximum Gasteiger partial charge on any atom is 0.164 e. The molecule has 0 spiro atoms. The van der Waals surface area contributed by atoms with E-state index in [1.54, 1.807) is 6.07 Å². The standard InChI is InChI=1S/C50H30N6/c51-31-38-18-10-22-46(53-38)33-25-23-32(24-26-33)43-30-44-40-20-8-7-19-39(40)42(29-45(44)41-21-11-27-52-47(41)43)36-16-9-17-37(28-36)50-55-48(34-12-3-1-4-13-34)54-49(56-50)35-14-5-2-6-15-35/h1-30H. The molecule has 0 atom stereocenters. The van der Waals surface area contributed by atoms with Gasteiger partial charge < -0.3 is 0 Å². The highest BCUT2D eigenvalue weighted by atomic mass is 15.0. The SMILES string of the molecule is N#Cc1cccc(-c2ccc(-c3cc4c5ccccc5c(-c5cccc(-c6nc(-c7ccccc7)nc(-c7ccccc7)n6)c5)cc4c4cccnc34)cc2)n1. The van der Waals surface area contributed by atoms with Gasteiger partial charge in [-0.3, -0.25) is 4.98 Å². The van der Waals surface area contributed by atoms with Gasteiger partial charge in [0, 0.05) is 39.4 Å². The molecule has 6 nitrogen and oxygen atoms in total. The van der Waals surface area contributed by atoms with Gasteiger partial charge in [0.05, 0.1) is 11.2 Å². The summed E-state index contributed by atoms with van der Waals surface area (Å²) in [4.78, 5) is 24.4. The summed E-state index contributed by atoms with van der Waals surface area (Å²) in [6.07, 6.45) is 1.86. The van der Waals surface area contributed by atoms with Crippen molar-refractivity contribution in [1.82, 2.24) is 24.9 Å². The third kappa shape index (κ3) is 5.90. The minimum atomic E-state index is 0.398. The molecular weight excluding hydrogens is 685 g/mol. The number of nitrogens with zero attached hydrogens (tertiary/aromatic N) is 6. The van der Waals surface area contributed by atoms with Crippen molar-refractivity contribution in [2.24, 2.45) is 0 Å². The summed E-state index contributed by atoms with van der Waals surface area (Å²) in [6, 6.07) is 61.9. The van der Waals surface area contributed by atoms with Crippen LogP contribution in [0.25, 0.3) is 100 Å².